The molecule has 0 aliphatic carbocycles. The summed E-state index contributed by atoms with van der Waals surface area (Å²) in [6.07, 6.45) is 2.06. The van der Waals surface area contributed by atoms with Gasteiger partial charge in [-0.3, -0.25) is 4.79 Å². The summed E-state index contributed by atoms with van der Waals surface area (Å²) < 4.78 is 5.38. The van der Waals surface area contributed by atoms with Gasteiger partial charge in [0.1, 0.15) is 5.82 Å². The summed E-state index contributed by atoms with van der Waals surface area (Å²) in [7, 11) is 0. The third-order valence-electron chi connectivity index (χ3n) is 5.46. The van der Waals surface area contributed by atoms with Gasteiger partial charge in [0.05, 0.1) is 25.7 Å². The van der Waals surface area contributed by atoms with Crippen molar-refractivity contribution in [3.8, 4) is 0 Å². The van der Waals surface area contributed by atoms with E-state index >= 15 is 0 Å². The van der Waals surface area contributed by atoms with Crippen LogP contribution in [0.3, 0.4) is 0 Å². The van der Waals surface area contributed by atoms with Crippen molar-refractivity contribution in [2.24, 2.45) is 0 Å². The molecule has 0 saturated carbocycles. The van der Waals surface area contributed by atoms with Crippen molar-refractivity contribution < 1.29 is 14.3 Å². The molecule has 0 bridgehead atoms. The lowest BCUT2D eigenvalue weighted by Crippen LogP contribution is -2.43. The minimum Gasteiger partial charge on any atom is -0.378 e. The van der Waals surface area contributed by atoms with E-state index in [1.54, 1.807) is 11.1 Å². The highest BCUT2D eigenvalue weighted by atomic mass is 16.5. The summed E-state index contributed by atoms with van der Waals surface area (Å²) in [4.78, 5) is 33.5. The predicted molar refractivity (Wildman–Crippen MR) is 113 cm³/mol. The quantitative estimate of drug-likeness (QED) is 0.803. The van der Waals surface area contributed by atoms with Crippen LogP contribution >= 0.6 is 0 Å². The molecule has 2 fully saturated rings. The van der Waals surface area contributed by atoms with Gasteiger partial charge < -0.3 is 25.2 Å². The first-order valence-corrected chi connectivity index (χ1v) is 10.3. The Hall–Kier alpha value is -3.13. The molecule has 3 heterocycles. The van der Waals surface area contributed by atoms with Crippen molar-refractivity contribution in [1.82, 2.24) is 20.5 Å². The van der Waals surface area contributed by atoms with Crippen molar-refractivity contribution in [2.75, 3.05) is 44.3 Å². The fourth-order valence-electron chi connectivity index (χ4n) is 3.83. The number of pyridine rings is 1. The average Bonchev–Trinajstić information content (AvgIpc) is 3.00. The van der Waals surface area contributed by atoms with Gasteiger partial charge in [-0.15, -0.1) is 0 Å². The Bertz CT molecular complexity index is 853. The van der Waals surface area contributed by atoms with Crippen LogP contribution in [-0.2, 0) is 16.1 Å². The van der Waals surface area contributed by atoms with Crippen molar-refractivity contribution >= 4 is 17.8 Å². The van der Waals surface area contributed by atoms with E-state index in [4.69, 9.17) is 4.74 Å². The molecule has 8 nitrogen and oxygen atoms in total. The Balaban J connectivity index is 1.39. The van der Waals surface area contributed by atoms with Gasteiger partial charge in [0, 0.05) is 38.9 Å². The molecule has 0 unspecified atom stereocenters. The van der Waals surface area contributed by atoms with E-state index in [0.29, 0.717) is 19.6 Å². The summed E-state index contributed by atoms with van der Waals surface area (Å²) in [5.74, 6) is 0.886. The molecule has 0 spiro atoms. The molecule has 2 aliphatic rings. The topological polar surface area (TPSA) is 86.8 Å². The van der Waals surface area contributed by atoms with E-state index in [0.717, 1.165) is 43.2 Å². The Morgan fingerprint density at radius 3 is 2.67 bits per heavy atom. The third kappa shape index (κ3) is 4.88. The molecule has 1 aromatic carbocycles. The second kappa shape index (κ2) is 9.58. The van der Waals surface area contributed by atoms with Crippen LogP contribution in [-0.4, -0.2) is 61.2 Å². The molecule has 3 amide bonds. The van der Waals surface area contributed by atoms with Crippen LogP contribution < -0.4 is 15.5 Å². The number of aromatic nitrogens is 1. The maximum atomic E-state index is 13.0. The third-order valence-corrected chi connectivity index (χ3v) is 5.46. The molecular formula is C22H27N5O3. The minimum absolute atomic E-state index is 0.0398. The number of rotatable bonds is 4. The lowest BCUT2D eigenvalue weighted by atomic mass is 10.0. The van der Waals surface area contributed by atoms with Crippen LogP contribution in [0.5, 0.6) is 0 Å². The molecule has 2 N–H and O–H groups in total. The Morgan fingerprint density at radius 1 is 1.13 bits per heavy atom. The van der Waals surface area contributed by atoms with Gasteiger partial charge >= 0.3 is 6.03 Å². The number of amides is 3. The van der Waals surface area contributed by atoms with E-state index in [-0.39, 0.29) is 24.4 Å². The summed E-state index contributed by atoms with van der Waals surface area (Å²) in [6, 6.07) is 13.2. The maximum absolute atomic E-state index is 13.0. The van der Waals surface area contributed by atoms with Gasteiger partial charge in [0.2, 0.25) is 5.91 Å². The van der Waals surface area contributed by atoms with Gasteiger partial charge in [-0.05, 0) is 17.2 Å². The number of anilines is 1. The number of nitrogens with one attached hydrogen (secondary N) is 2. The first kappa shape index (κ1) is 20.2. The first-order valence-electron chi connectivity index (χ1n) is 10.3. The number of carbonyl (C=O) groups is 2. The minimum atomic E-state index is -0.282. The highest BCUT2D eigenvalue weighted by Crippen LogP contribution is 2.25. The van der Waals surface area contributed by atoms with Crippen molar-refractivity contribution in [1.29, 1.82) is 0 Å². The zero-order chi connectivity index (χ0) is 20.8. The largest absolute Gasteiger partial charge is 0.378 e. The molecule has 2 saturated heterocycles. The number of ether oxygens (including phenoxy) is 1. The zero-order valence-corrected chi connectivity index (χ0v) is 16.9. The fraction of sp³-hybridized carbons (Fsp3) is 0.409. The van der Waals surface area contributed by atoms with Crippen LogP contribution in [0.4, 0.5) is 10.6 Å². The van der Waals surface area contributed by atoms with Crippen LogP contribution in [0.1, 0.15) is 23.6 Å². The fourth-order valence-corrected chi connectivity index (χ4v) is 3.83. The van der Waals surface area contributed by atoms with Crippen molar-refractivity contribution in [3.05, 3.63) is 59.8 Å². The second-order valence-electron chi connectivity index (χ2n) is 7.46. The molecule has 2 aromatic rings. The highest BCUT2D eigenvalue weighted by Gasteiger charge is 2.29. The lowest BCUT2D eigenvalue weighted by Gasteiger charge is -2.30. The van der Waals surface area contributed by atoms with E-state index in [2.05, 4.69) is 20.5 Å². The number of carbonyl (C=O) groups excluding carboxylic acids is 2. The Kier molecular flexibility index (Phi) is 6.44. The molecule has 4 rings (SSSR count). The van der Waals surface area contributed by atoms with E-state index in [9.17, 15) is 9.59 Å². The molecule has 2 aliphatic heterocycles. The molecule has 158 valence electrons. The standard InChI is InChI=1S/C22H27N5O3/c28-21-14-19(18-4-2-1-3-5-18)27(9-8-23-21)22(29)25-16-17-6-7-20(24-15-17)26-10-12-30-13-11-26/h1-7,15,19H,8-14,16H2,(H,23,28)(H,25,29)/t19-/m1/s1. The second-order valence-corrected chi connectivity index (χ2v) is 7.46. The molecular weight excluding hydrogens is 382 g/mol. The molecule has 0 radical (unpaired) electrons. The Labute approximate surface area is 176 Å². The van der Waals surface area contributed by atoms with E-state index in [1.165, 1.54) is 0 Å². The first-order chi connectivity index (χ1) is 14.7. The summed E-state index contributed by atoms with van der Waals surface area (Å²) in [5.41, 5.74) is 1.89. The lowest BCUT2D eigenvalue weighted by molar-refractivity contribution is -0.121. The predicted octanol–water partition coefficient (Wildman–Crippen LogP) is 1.69. The van der Waals surface area contributed by atoms with Gasteiger partial charge in [0.25, 0.3) is 0 Å². The maximum Gasteiger partial charge on any atom is 0.318 e. The molecule has 1 aromatic heterocycles. The number of hydrogen-bond acceptors (Lipinski definition) is 5. The summed E-state index contributed by atoms with van der Waals surface area (Å²) in [5, 5.41) is 5.84. The van der Waals surface area contributed by atoms with Crippen molar-refractivity contribution in [2.45, 2.75) is 19.0 Å². The van der Waals surface area contributed by atoms with Crippen LogP contribution in [0.2, 0.25) is 0 Å². The van der Waals surface area contributed by atoms with Gasteiger partial charge in [0.15, 0.2) is 0 Å². The summed E-state index contributed by atoms with van der Waals surface area (Å²) in [6.45, 7) is 4.41. The van der Waals surface area contributed by atoms with Crippen LogP contribution in [0.15, 0.2) is 48.7 Å². The number of hydrogen-bond donors (Lipinski definition) is 2. The van der Waals surface area contributed by atoms with Crippen LogP contribution in [0, 0.1) is 0 Å². The number of urea groups is 1. The van der Waals surface area contributed by atoms with Crippen molar-refractivity contribution in [3.63, 3.8) is 0 Å². The highest BCUT2D eigenvalue weighted by molar-refractivity contribution is 5.80. The molecule has 30 heavy (non-hydrogen) atoms. The smallest absolute Gasteiger partial charge is 0.318 e. The number of benzene rings is 1. The monoisotopic (exact) mass is 409 g/mol. The van der Waals surface area contributed by atoms with E-state index < -0.39 is 0 Å². The number of nitrogens with zero attached hydrogens (tertiary/aromatic N) is 3. The number of morpholine rings is 1. The van der Waals surface area contributed by atoms with Gasteiger partial charge in [-0.2, -0.15) is 0 Å². The average molecular weight is 409 g/mol. The Morgan fingerprint density at radius 2 is 1.93 bits per heavy atom. The van der Waals surface area contributed by atoms with Gasteiger partial charge in [-0.1, -0.05) is 36.4 Å². The normalized spacial score (nSPS) is 19.7. The zero-order valence-electron chi connectivity index (χ0n) is 16.9. The molecule has 8 heteroatoms. The van der Waals surface area contributed by atoms with Crippen LogP contribution in [0.25, 0.3) is 0 Å². The summed E-state index contributed by atoms with van der Waals surface area (Å²) >= 11 is 0. The molecule has 1 atom stereocenters. The van der Waals surface area contributed by atoms with Gasteiger partial charge in [-0.25, -0.2) is 9.78 Å². The SMILES string of the molecule is O=C1C[C@H](c2ccccc2)N(C(=O)NCc2ccc(N3CCOCC3)nc2)CCN1. The van der Waals surface area contributed by atoms with E-state index in [1.807, 2.05) is 42.5 Å².